The van der Waals surface area contributed by atoms with Gasteiger partial charge in [0.05, 0.1) is 0 Å². The number of carbonyl (C=O) groups excluding carboxylic acids is 2. The Labute approximate surface area is 165 Å². The summed E-state index contributed by atoms with van der Waals surface area (Å²) in [6.07, 6.45) is 4.77. The Hall–Kier alpha value is -2.27. The van der Waals surface area contributed by atoms with Crippen LogP contribution in [-0.4, -0.2) is 36.1 Å². The summed E-state index contributed by atoms with van der Waals surface area (Å²) in [7, 11) is 0. The lowest BCUT2D eigenvalue weighted by Gasteiger charge is -2.31. The highest BCUT2D eigenvalue weighted by molar-refractivity contribution is 7.98. The lowest BCUT2D eigenvalue weighted by Crippen LogP contribution is -2.41. The van der Waals surface area contributed by atoms with Crippen LogP contribution in [0.4, 0.5) is 5.69 Å². The van der Waals surface area contributed by atoms with Crippen molar-refractivity contribution >= 4 is 29.3 Å². The van der Waals surface area contributed by atoms with E-state index in [0.717, 1.165) is 29.8 Å². The van der Waals surface area contributed by atoms with Gasteiger partial charge < -0.3 is 10.2 Å². The number of nitrogens with one attached hydrogen (secondary N) is 1. The van der Waals surface area contributed by atoms with Crippen molar-refractivity contribution in [2.24, 2.45) is 5.92 Å². The van der Waals surface area contributed by atoms with Gasteiger partial charge in [-0.15, -0.1) is 11.8 Å². The van der Waals surface area contributed by atoms with Crippen molar-refractivity contribution < 1.29 is 9.59 Å². The molecule has 0 aliphatic carbocycles. The van der Waals surface area contributed by atoms with Gasteiger partial charge in [-0.3, -0.25) is 9.59 Å². The molecule has 0 spiro atoms. The molecule has 0 bridgehead atoms. The van der Waals surface area contributed by atoms with Gasteiger partial charge in [-0.25, -0.2) is 0 Å². The maximum Gasteiger partial charge on any atom is 0.227 e. The standard InChI is InChI=1S/C22H26N2O2S/c1-27-20-9-5-8-19(16-20)23-22(26)18-12-14-24(15-13-18)21(25)11-10-17-6-3-2-4-7-17/h2-9,16,18H,10-15H2,1H3,(H,23,26). The van der Waals surface area contributed by atoms with Gasteiger partial charge in [0.2, 0.25) is 11.8 Å². The third-order valence-electron chi connectivity index (χ3n) is 5.03. The maximum atomic E-state index is 12.5. The minimum absolute atomic E-state index is 0.0268. The van der Waals surface area contributed by atoms with E-state index in [1.807, 2.05) is 53.6 Å². The van der Waals surface area contributed by atoms with Crippen LogP contribution in [0.3, 0.4) is 0 Å². The molecule has 3 rings (SSSR count). The monoisotopic (exact) mass is 382 g/mol. The molecular weight excluding hydrogens is 356 g/mol. The molecule has 142 valence electrons. The van der Waals surface area contributed by atoms with Gasteiger partial charge in [-0.1, -0.05) is 36.4 Å². The summed E-state index contributed by atoms with van der Waals surface area (Å²) in [5, 5.41) is 3.02. The summed E-state index contributed by atoms with van der Waals surface area (Å²) in [6.45, 7) is 1.33. The Morgan fingerprint density at radius 1 is 1.07 bits per heavy atom. The first kappa shape index (κ1) is 19.5. The molecule has 0 unspecified atom stereocenters. The fourth-order valence-electron chi connectivity index (χ4n) is 3.39. The Morgan fingerprint density at radius 3 is 2.52 bits per heavy atom. The molecule has 27 heavy (non-hydrogen) atoms. The van der Waals surface area contributed by atoms with Crippen LogP contribution in [-0.2, 0) is 16.0 Å². The lowest BCUT2D eigenvalue weighted by atomic mass is 9.95. The second kappa shape index (κ2) is 9.60. The summed E-state index contributed by atoms with van der Waals surface area (Å²) < 4.78 is 0. The number of benzene rings is 2. The molecule has 0 saturated carbocycles. The van der Waals surface area contributed by atoms with Crippen LogP contribution in [0.5, 0.6) is 0 Å². The quantitative estimate of drug-likeness (QED) is 0.761. The molecule has 2 aromatic rings. The fourth-order valence-corrected chi connectivity index (χ4v) is 3.85. The average Bonchev–Trinajstić information content (AvgIpc) is 2.73. The zero-order valence-corrected chi connectivity index (χ0v) is 16.5. The van der Waals surface area contributed by atoms with E-state index in [0.29, 0.717) is 19.5 Å². The molecule has 1 heterocycles. The number of carbonyl (C=O) groups is 2. The number of anilines is 1. The van der Waals surface area contributed by atoms with E-state index in [-0.39, 0.29) is 17.7 Å². The summed E-state index contributed by atoms with van der Waals surface area (Å²) in [5.74, 6) is 0.219. The van der Waals surface area contributed by atoms with E-state index >= 15 is 0 Å². The van der Waals surface area contributed by atoms with Crippen LogP contribution >= 0.6 is 11.8 Å². The first-order valence-electron chi connectivity index (χ1n) is 9.42. The van der Waals surface area contributed by atoms with Crippen LogP contribution in [0.15, 0.2) is 59.5 Å². The van der Waals surface area contributed by atoms with Crippen molar-refractivity contribution in [2.75, 3.05) is 24.7 Å². The van der Waals surface area contributed by atoms with Gasteiger partial charge in [0, 0.05) is 36.0 Å². The SMILES string of the molecule is CSc1cccc(NC(=O)C2CCN(C(=O)CCc3ccccc3)CC2)c1. The fraction of sp³-hybridized carbons (Fsp3) is 0.364. The number of aryl methyl sites for hydroxylation is 1. The van der Waals surface area contributed by atoms with Crippen LogP contribution < -0.4 is 5.32 Å². The molecule has 0 atom stereocenters. The van der Waals surface area contributed by atoms with Crippen LogP contribution in [0, 0.1) is 5.92 Å². The molecule has 1 aliphatic rings. The van der Waals surface area contributed by atoms with Crippen LogP contribution in [0.25, 0.3) is 0 Å². The highest BCUT2D eigenvalue weighted by atomic mass is 32.2. The van der Waals surface area contributed by atoms with Crippen molar-refractivity contribution in [1.82, 2.24) is 4.90 Å². The number of likely N-dealkylation sites (tertiary alicyclic amines) is 1. The predicted molar refractivity (Wildman–Crippen MR) is 111 cm³/mol. The number of rotatable bonds is 6. The molecule has 1 saturated heterocycles. The minimum atomic E-state index is -0.0268. The largest absolute Gasteiger partial charge is 0.343 e. The summed E-state index contributed by atoms with van der Waals surface area (Å²) >= 11 is 1.66. The minimum Gasteiger partial charge on any atom is -0.343 e. The smallest absolute Gasteiger partial charge is 0.227 e. The number of amides is 2. The Balaban J connectivity index is 1.45. The van der Waals surface area contributed by atoms with Crippen molar-refractivity contribution in [3.63, 3.8) is 0 Å². The lowest BCUT2D eigenvalue weighted by molar-refractivity contribution is -0.134. The highest BCUT2D eigenvalue weighted by Gasteiger charge is 2.27. The molecule has 1 aliphatic heterocycles. The third kappa shape index (κ3) is 5.60. The molecule has 1 N–H and O–H groups in total. The molecule has 5 heteroatoms. The number of hydrogen-bond donors (Lipinski definition) is 1. The van der Waals surface area contributed by atoms with Crippen molar-refractivity contribution in [2.45, 2.75) is 30.6 Å². The first-order chi connectivity index (χ1) is 13.2. The summed E-state index contributed by atoms with van der Waals surface area (Å²) in [4.78, 5) is 28.0. The Bertz CT molecular complexity index is 771. The predicted octanol–water partition coefficient (Wildman–Crippen LogP) is 4.22. The van der Waals surface area contributed by atoms with Crippen molar-refractivity contribution in [3.8, 4) is 0 Å². The van der Waals surface area contributed by atoms with E-state index in [1.54, 1.807) is 11.8 Å². The van der Waals surface area contributed by atoms with Crippen LogP contribution in [0.2, 0.25) is 0 Å². The van der Waals surface area contributed by atoms with Gasteiger partial charge >= 0.3 is 0 Å². The zero-order chi connectivity index (χ0) is 19.1. The number of thioether (sulfide) groups is 1. The zero-order valence-electron chi connectivity index (χ0n) is 15.7. The van der Waals surface area contributed by atoms with Crippen molar-refractivity contribution in [3.05, 3.63) is 60.2 Å². The number of nitrogens with zero attached hydrogens (tertiary/aromatic N) is 1. The van der Waals surface area contributed by atoms with Gasteiger partial charge in [-0.05, 0) is 49.3 Å². The topological polar surface area (TPSA) is 49.4 Å². The Kier molecular flexibility index (Phi) is 6.93. The van der Waals surface area contributed by atoms with E-state index in [9.17, 15) is 9.59 Å². The van der Waals surface area contributed by atoms with Crippen LogP contribution in [0.1, 0.15) is 24.8 Å². The molecular formula is C22H26N2O2S. The first-order valence-corrected chi connectivity index (χ1v) is 10.6. The summed E-state index contributed by atoms with van der Waals surface area (Å²) in [5.41, 5.74) is 2.03. The highest BCUT2D eigenvalue weighted by Crippen LogP contribution is 2.23. The second-order valence-corrected chi connectivity index (χ2v) is 7.74. The van der Waals surface area contributed by atoms with E-state index in [1.165, 1.54) is 5.56 Å². The number of hydrogen-bond acceptors (Lipinski definition) is 3. The molecule has 0 radical (unpaired) electrons. The third-order valence-corrected chi connectivity index (χ3v) is 5.75. The van der Waals surface area contributed by atoms with E-state index in [4.69, 9.17) is 0 Å². The van der Waals surface area contributed by atoms with Gasteiger partial charge in [0.1, 0.15) is 0 Å². The molecule has 4 nitrogen and oxygen atoms in total. The van der Waals surface area contributed by atoms with Gasteiger partial charge in [0.25, 0.3) is 0 Å². The van der Waals surface area contributed by atoms with Gasteiger partial charge in [0.15, 0.2) is 0 Å². The normalized spacial score (nSPS) is 14.8. The second-order valence-electron chi connectivity index (χ2n) is 6.86. The van der Waals surface area contributed by atoms with E-state index in [2.05, 4.69) is 17.4 Å². The molecule has 2 aromatic carbocycles. The summed E-state index contributed by atoms with van der Waals surface area (Å²) in [6, 6.07) is 18.0. The number of piperidine rings is 1. The molecule has 0 aromatic heterocycles. The van der Waals surface area contributed by atoms with Crippen molar-refractivity contribution in [1.29, 1.82) is 0 Å². The average molecular weight is 383 g/mol. The van der Waals surface area contributed by atoms with Gasteiger partial charge in [-0.2, -0.15) is 0 Å². The molecule has 2 amide bonds. The Morgan fingerprint density at radius 2 is 1.81 bits per heavy atom. The van der Waals surface area contributed by atoms with E-state index < -0.39 is 0 Å². The molecule has 1 fully saturated rings. The maximum absolute atomic E-state index is 12.5.